The molecule has 3 nitrogen and oxygen atoms in total. The Bertz CT molecular complexity index is 3930. The molecular weight excluding hydrogens is 767 g/mol. The van der Waals surface area contributed by atoms with Crippen molar-refractivity contribution in [1.29, 1.82) is 0 Å². The lowest BCUT2D eigenvalue weighted by atomic mass is 9.97. The van der Waals surface area contributed by atoms with Crippen LogP contribution in [0.15, 0.2) is 233 Å². The third kappa shape index (κ3) is 5.75. The highest BCUT2D eigenvalue weighted by molar-refractivity contribution is 6.20. The summed E-state index contributed by atoms with van der Waals surface area (Å²) in [4.78, 5) is 2.37. The van der Waals surface area contributed by atoms with Gasteiger partial charge < -0.3 is 13.7 Å². The van der Waals surface area contributed by atoms with Crippen LogP contribution in [-0.4, -0.2) is 0 Å². The molecule has 63 heavy (non-hydrogen) atoms. The standard InChI is InChI=1S/C60H37NO2/c1-2-14-42-35-44(26-25-38(42)11-1)43-15-7-17-47(36-43)61(46-31-27-41(28-32-46)49-21-9-23-55-57(49)53-33-29-39-12-3-5-19-51(39)59(53)62-55)48-18-8-16-45(37-48)50-22-10-24-56-58(50)54-34-30-40-13-4-6-20-52(40)60(54)63-56/h1-37H. The van der Waals surface area contributed by atoms with Gasteiger partial charge in [0, 0.05) is 49.4 Å². The normalized spacial score (nSPS) is 11.8. The number of rotatable bonds is 6. The molecule has 0 atom stereocenters. The molecule has 294 valence electrons. The van der Waals surface area contributed by atoms with Crippen LogP contribution in [0.5, 0.6) is 0 Å². The molecule has 2 heterocycles. The number of benzene rings is 11. The van der Waals surface area contributed by atoms with Crippen LogP contribution in [0.1, 0.15) is 0 Å². The van der Waals surface area contributed by atoms with E-state index in [0.717, 1.165) is 99.5 Å². The van der Waals surface area contributed by atoms with E-state index in [1.807, 2.05) is 0 Å². The minimum atomic E-state index is 0.883. The molecule has 0 spiro atoms. The van der Waals surface area contributed by atoms with Crippen molar-refractivity contribution >= 4 is 93.3 Å². The molecule has 0 saturated carbocycles. The van der Waals surface area contributed by atoms with Gasteiger partial charge in [0.1, 0.15) is 22.3 Å². The van der Waals surface area contributed by atoms with E-state index in [1.165, 1.54) is 27.1 Å². The lowest BCUT2D eigenvalue weighted by Crippen LogP contribution is -2.10. The van der Waals surface area contributed by atoms with Crippen LogP contribution in [0.25, 0.3) is 110 Å². The fourth-order valence-electron chi connectivity index (χ4n) is 9.83. The van der Waals surface area contributed by atoms with Crippen molar-refractivity contribution in [2.75, 3.05) is 4.90 Å². The van der Waals surface area contributed by atoms with Gasteiger partial charge in [-0.05, 0) is 122 Å². The number of fused-ring (bicyclic) bond motifs is 11. The first-order valence-corrected chi connectivity index (χ1v) is 21.5. The second-order valence-electron chi connectivity index (χ2n) is 16.4. The van der Waals surface area contributed by atoms with Gasteiger partial charge in [-0.15, -0.1) is 0 Å². The fourth-order valence-corrected chi connectivity index (χ4v) is 9.83. The molecule has 0 aliphatic rings. The summed E-state index contributed by atoms with van der Waals surface area (Å²) in [6.45, 7) is 0. The maximum Gasteiger partial charge on any atom is 0.143 e. The Balaban J connectivity index is 0.966. The SMILES string of the molecule is c1cc(-c2ccc3ccccc3c2)cc(N(c2ccc(-c3cccc4oc5c6ccccc6ccc5c34)cc2)c2cccc(-c3cccc4oc5c6ccccc6ccc5c34)c2)c1. The van der Waals surface area contributed by atoms with E-state index < -0.39 is 0 Å². The fraction of sp³-hybridized carbons (Fsp3) is 0. The predicted octanol–water partition coefficient (Wildman–Crippen LogP) is 17.4. The van der Waals surface area contributed by atoms with E-state index in [-0.39, 0.29) is 0 Å². The summed E-state index contributed by atoms with van der Waals surface area (Å²) >= 11 is 0. The molecule has 0 amide bonds. The van der Waals surface area contributed by atoms with Crippen LogP contribution >= 0.6 is 0 Å². The molecule has 13 rings (SSSR count). The van der Waals surface area contributed by atoms with E-state index in [1.54, 1.807) is 0 Å². The summed E-state index contributed by atoms with van der Waals surface area (Å²) in [5.74, 6) is 0. The van der Waals surface area contributed by atoms with Gasteiger partial charge in [-0.25, -0.2) is 0 Å². The van der Waals surface area contributed by atoms with Gasteiger partial charge in [0.2, 0.25) is 0 Å². The van der Waals surface area contributed by atoms with Gasteiger partial charge in [0.05, 0.1) is 0 Å². The molecule has 0 aliphatic heterocycles. The monoisotopic (exact) mass is 803 g/mol. The van der Waals surface area contributed by atoms with Crippen molar-refractivity contribution in [2.24, 2.45) is 0 Å². The number of hydrogen-bond acceptors (Lipinski definition) is 3. The van der Waals surface area contributed by atoms with Crippen LogP contribution in [0, 0.1) is 0 Å². The number of hydrogen-bond donors (Lipinski definition) is 0. The van der Waals surface area contributed by atoms with Gasteiger partial charge >= 0.3 is 0 Å². The molecule has 0 bridgehead atoms. The van der Waals surface area contributed by atoms with Gasteiger partial charge in [-0.1, -0.05) is 158 Å². The van der Waals surface area contributed by atoms with Gasteiger partial charge in [0.25, 0.3) is 0 Å². The van der Waals surface area contributed by atoms with Crippen molar-refractivity contribution in [1.82, 2.24) is 0 Å². The molecule has 13 aromatic rings. The van der Waals surface area contributed by atoms with Crippen molar-refractivity contribution in [2.45, 2.75) is 0 Å². The number of anilines is 3. The summed E-state index contributed by atoms with van der Waals surface area (Å²) < 4.78 is 13.2. The van der Waals surface area contributed by atoms with E-state index in [0.29, 0.717) is 0 Å². The zero-order valence-electron chi connectivity index (χ0n) is 34.1. The van der Waals surface area contributed by atoms with Crippen LogP contribution in [0.4, 0.5) is 17.1 Å². The maximum absolute atomic E-state index is 6.62. The van der Waals surface area contributed by atoms with Crippen molar-refractivity contribution in [3.8, 4) is 33.4 Å². The molecule has 0 saturated heterocycles. The molecule has 0 unspecified atom stereocenters. The molecule has 11 aromatic carbocycles. The van der Waals surface area contributed by atoms with E-state index >= 15 is 0 Å². The first-order chi connectivity index (χ1) is 31.2. The molecule has 2 aromatic heterocycles. The second kappa shape index (κ2) is 14.1. The van der Waals surface area contributed by atoms with E-state index in [4.69, 9.17) is 8.83 Å². The Morgan fingerprint density at radius 1 is 0.270 bits per heavy atom. The van der Waals surface area contributed by atoms with Crippen LogP contribution < -0.4 is 4.90 Å². The second-order valence-corrected chi connectivity index (χ2v) is 16.4. The lowest BCUT2D eigenvalue weighted by molar-refractivity contribution is 0.672. The summed E-state index contributed by atoms with van der Waals surface area (Å²) in [6, 6.07) is 80.5. The summed E-state index contributed by atoms with van der Waals surface area (Å²) in [6.07, 6.45) is 0. The lowest BCUT2D eigenvalue weighted by Gasteiger charge is -2.27. The first kappa shape index (κ1) is 35.4. The molecular formula is C60H37NO2. The quantitative estimate of drug-likeness (QED) is 0.168. The highest BCUT2D eigenvalue weighted by Gasteiger charge is 2.20. The summed E-state index contributed by atoms with van der Waals surface area (Å²) in [5.41, 5.74) is 13.7. The highest BCUT2D eigenvalue weighted by Crippen LogP contribution is 2.44. The Morgan fingerprint density at radius 3 is 1.38 bits per heavy atom. The van der Waals surface area contributed by atoms with Gasteiger partial charge in [0.15, 0.2) is 0 Å². The molecule has 3 heteroatoms. The Kier molecular flexibility index (Phi) is 7.91. The number of nitrogens with zero attached hydrogens (tertiary/aromatic N) is 1. The average molecular weight is 804 g/mol. The molecule has 0 fully saturated rings. The Hall–Kier alpha value is -8.40. The first-order valence-electron chi connectivity index (χ1n) is 21.5. The Morgan fingerprint density at radius 2 is 0.746 bits per heavy atom. The zero-order chi connectivity index (χ0) is 41.4. The molecule has 0 radical (unpaired) electrons. The minimum Gasteiger partial charge on any atom is -0.455 e. The van der Waals surface area contributed by atoms with Crippen molar-refractivity contribution in [3.63, 3.8) is 0 Å². The maximum atomic E-state index is 6.62. The predicted molar refractivity (Wildman–Crippen MR) is 265 cm³/mol. The topological polar surface area (TPSA) is 29.5 Å². The van der Waals surface area contributed by atoms with Crippen molar-refractivity contribution in [3.05, 3.63) is 224 Å². The number of furan rings is 2. The van der Waals surface area contributed by atoms with Crippen molar-refractivity contribution < 1.29 is 8.83 Å². The summed E-state index contributed by atoms with van der Waals surface area (Å²) in [7, 11) is 0. The average Bonchev–Trinajstić information content (AvgIpc) is 3.94. The van der Waals surface area contributed by atoms with Crippen LogP contribution in [0.3, 0.4) is 0 Å². The van der Waals surface area contributed by atoms with Crippen LogP contribution in [0.2, 0.25) is 0 Å². The highest BCUT2D eigenvalue weighted by atomic mass is 16.3. The van der Waals surface area contributed by atoms with Gasteiger partial charge in [-0.2, -0.15) is 0 Å². The van der Waals surface area contributed by atoms with E-state index in [9.17, 15) is 0 Å². The third-order valence-corrected chi connectivity index (χ3v) is 12.8. The zero-order valence-corrected chi connectivity index (χ0v) is 34.1. The minimum absolute atomic E-state index is 0.883. The molecule has 0 N–H and O–H groups in total. The van der Waals surface area contributed by atoms with E-state index in [2.05, 4.69) is 229 Å². The Labute approximate surface area is 363 Å². The largest absolute Gasteiger partial charge is 0.455 e. The smallest absolute Gasteiger partial charge is 0.143 e. The third-order valence-electron chi connectivity index (χ3n) is 12.8. The summed E-state index contributed by atoms with van der Waals surface area (Å²) in [5, 5.41) is 11.6. The van der Waals surface area contributed by atoms with Gasteiger partial charge in [-0.3, -0.25) is 0 Å². The van der Waals surface area contributed by atoms with Crippen LogP contribution in [-0.2, 0) is 0 Å². The molecule has 0 aliphatic carbocycles.